The zero-order chi connectivity index (χ0) is 20.7. The van der Waals surface area contributed by atoms with Gasteiger partial charge in [0.05, 0.1) is 11.5 Å². The number of benzene rings is 1. The normalized spacial score (nSPS) is 11.4. The summed E-state index contributed by atoms with van der Waals surface area (Å²) in [7, 11) is -3.63. The minimum absolute atomic E-state index is 0. The number of hydrogen-bond acceptors (Lipinski definition) is 3. The summed E-state index contributed by atoms with van der Waals surface area (Å²) in [6, 6.07) is 5.32. The molecule has 0 bridgehead atoms. The van der Waals surface area contributed by atoms with Gasteiger partial charge in [-0.25, -0.2) is 0 Å². The van der Waals surface area contributed by atoms with Crippen molar-refractivity contribution in [3.8, 4) is 0 Å². The Hall–Kier alpha value is 0.130. The fraction of sp³-hybridized carbons (Fsp3) is 0.750. The molecule has 1 aromatic carbocycles. The Labute approximate surface area is 202 Å². The van der Waals surface area contributed by atoms with E-state index in [1.165, 1.54) is 77.0 Å². The Morgan fingerprint density at radius 3 is 1.66 bits per heavy atom. The standard InChI is InChI=1S/C24H42O3S.Na/c1-4-5-6-7-8-9-10-11-12-13-14-15-16-17-21-27-28(25,26)24-20-18-19-22(2)23(24)3;/h18-20H,4-17,21H2,1-3H3;. The topological polar surface area (TPSA) is 43.4 Å². The summed E-state index contributed by atoms with van der Waals surface area (Å²) in [5.74, 6) is 0. The van der Waals surface area contributed by atoms with E-state index >= 15 is 0 Å². The average molecular weight is 434 g/mol. The van der Waals surface area contributed by atoms with Crippen molar-refractivity contribution in [2.45, 2.75) is 116 Å². The predicted octanol–water partition coefficient (Wildman–Crippen LogP) is 7.11. The van der Waals surface area contributed by atoms with Gasteiger partial charge in [0.25, 0.3) is 10.1 Å². The first-order chi connectivity index (χ1) is 13.5. The van der Waals surface area contributed by atoms with E-state index in [1.54, 1.807) is 12.1 Å². The molecule has 0 aliphatic heterocycles. The maximum atomic E-state index is 12.3. The number of unbranched alkanes of at least 4 members (excludes halogenated alkanes) is 13. The molecule has 0 saturated carbocycles. The molecule has 1 aromatic rings. The Morgan fingerprint density at radius 1 is 0.724 bits per heavy atom. The summed E-state index contributed by atoms with van der Waals surface area (Å²) < 4.78 is 29.9. The average Bonchev–Trinajstić information content (AvgIpc) is 2.67. The molecular weight excluding hydrogens is 391 g/mol. The number of rotatable bonds is 17. The van der Waals surface area contributed by atoms with Crippen LogP contribution in [0.5, 0.6) is 0 Å². The maximum Gasteiger partial charge on any atom is 0.297 e. The van der Waals surface area contributed by atoms with Crippen LogP contribution >= 0.6 is 0 Å². The van der Waals surface area contributed by atoms with Crippen molar-refractivity contribution >= 4 is 39.7 Å². The molecule has 0 atom stereocenters. The molecule has 0 amide bonds. The van der Waals surface area contributed by atoms with Crippen molar-refractivity contribution in [3.05, 3.63) is 29.3 Å². The van der Waals surface area contributed by atoms with Crippen LogP contribution in [0.2, 0.25) is 0 Å². The van der Waals surface area contributed by atoms with Gasteiger partial charge in [-0.05, 0) is 37.5 Å². The van der Waals surface area contributed by atoms with Crippen LogP contribution in [0.15, 0.2) is 23.1 Å². The van der Waals surface area contributed by atoms with E-state index in [2.05, 4.69) is 6.92 Å². The van der Waals surface area contributed by atoms with Crippen molar-refractivity contribution in [2.75, 3.05) is 6.61 Å². The van der Waals surface area contributed by atoms with Crippen LogP contribution in [-0.4, -0.2) is 44.6 Å². The molecule has 0 saturated heterocycles. The summed E-state index contributed by atoms with van der Waals surface area (Å²) in [6.45, 7) is 6.30. The third-order valence-electron chi connectivity index (χ3n) is 5.56. The van der Waals surface area contributed by atoms with Crippen LogP contribution in [0.1, 0.15) is 108 Å². The molecule has 0 aliphatic carbocycles. The van der Waals surface area contributed by atoms with Crippen molar-refractivity contribution in [2.24, 2.45) is 0 Å². The molecular formula is C24H42NaO3S. The second-order valence-corrected chi connectivity index (χ2v) is 9.65. The molecule has 0 spiro atoms. The SMILES string of the molecule is CCCCCCCCCCCCCCCCOS(=O)(=O)c1cccc(C)c1C.[Na]. The Bertz CT molecular complexity index is 629. The van der Waals surface area contributed by atoms with Crippen LogP contribution in [0.3, 0.4) is 0 Å². The third-order valence-corrected chi connectivity index (χ3v) is 7.02. The molecule has 0 N–H and O–H groups in total. The van der Waals surface area contributed by atoms with Crippen LogP contribution in [0, 0.1) is 13.8 Å². The van der Waals surface area contributed by atoms with Gasteiger partial charge in [-0.1, -0.05) is 103 Å². The van der Waals surface area contributed by atoms with Crippen LogP contribution in [-0.2, 0) is 14.3 Å². The molecule has 1 radical (unpaired) electrons. The van der Waals surface area contributed by atoms with Gasteiger partial charge in [0, 0.05) is 29.6 Å². The molecule has 0 heterocycles. The van der Waals surface area contributed by atoms with Gasteiger partial charge in [-0.15, -0.1) is 0 Å². The Kier molecular flexibility index (Phi) is 17.9. The third kappa shape index (κ3) is 13.2. The molecule has 0 unspecified atom stereocenters. The van der Waals surface area contributed by atoms with Gasteiger partial charge >= 0.3 is 0 Å². The van der Waals surface area contributed by atoms with E-state index in [1.807, 2.05) is 19.9 Å². The number of aryl methyl sites for hydroxylation is 1. The first kappa shape index (κ1) is 29.1. The van der Waals surface area contributed by atoms with Crippen molar-refractivity contribution in [1.82, 2.24) is 0 Å². The van der Waals surface area contributed by atoms with Crippen molar-refractivity contribution < 1.29 is 12.6 Å². The quantitative estimate of drug-likeness (QED) is 0.149. The summed E-state index contributed by atoms with van der Waals surface area (Å²) in [5.41, 5.74) is 1.75. The van der Waals surface area contributed by atoms with Gasteiger partial charge in [-0.3, -0.25) is 4.18 Å². The summed E-state index contributed by atoms with van der Waals surface area (Å²) in [4.78, 5) is 0.304. The van der Waals surface area contributed by atoms with Crippen LogP contribution in [0.25, 0.3) is 0 Å². The van der Waals surface area contributed by atoms with E-state index in [0.717, 1.165) is 24.0 Å². The van der Waals surface area contributed by atoms with Gasteiger partial charge in [0.15, 0.2) is 0 Å². The van der Waals surface area contributed by atoms with E-state index in [0.29, 0.717) is 4.90 Å². The minimum atomic E-state index is -3.63. The largest absolute Gasteiger partial charge is 0.297 e. The molecule has 0 aromatic heterocycles. The molecule has 0 aliphatic rings. The Morgan fingerprint density at radius 2 is 1.17 bits per heavy atom. The van der Waals surface area contributed by atoms with E-state index in [9.17, 15) is 8.42 Å². The van der Waals surface area contributed by atoms with Crippen LogP contribution < -0.4 is 0 Å². The fourth-order valence-corrected chi connectivity index (χ4v) is 4.77. The predicted molar refractivity (Wildman–Crippen MR) is 125 cm³/mol. The minimum Gasteiger partial charge on any atom is -0.266 e. The van der Waals surface area contributed by atoms with E-state index < -0.39 is 10.1 Å². The molecule has 0 fully saturated rings. The smallest absolute Gasteiger partial charge is 0.266 e. The Balaban J connectivity index is 0.00000784. The maximum absolute atomic E-state index is 12.3. The molecule has 163 valence electrons. The molecule has 1 rings (SSSR count). The van der Waals surface area contributed by atoms with E-state index in [4.69, 9.17) is 4.18 Å². The second kappa shape index (κ2) is 17.8. The van der Waals surface area contributed by atoms with Gasteiger partial charge in [0.1, 0.15) is 0 Å². The zero-order valence-electron chi connectivity index (χ0n) is 19.5. The summed E-state index contributed by atoms with van der Waals surface area (Å²) in [6.07, 6.45) is 18.0. The van der Waals surface area contributed by atoms with Gasteiger partial charge in [-0.2, -0.15) is 8.42 Å². The van der Waals surface area contributed by atoms with Crippen molar-refractivity contribution in [1.29, 1.82) is 0 Å². The summed E-state index contributed by atoms with van der Waals surface area (Å²) >= 11 is 0. The van der Waals surface area contributed by atoms with Crippen LogP contribution in [0.4, 0.5) is 0 Å². The fourth-order valence-electron chi connectivity index (χ4n) is 3.52. The first-order valence-corrected chi connectivity index (χ1v) is 12.9. The second-order valence-electron chi connectivity index (χ2n) is 8.07. The zero-order valence-corrected chi connectivity index (χ0v) is 22.3. The first-order valence-electron chi connectivity index (χ1n) is 11.4. The van der Waals surface area contributed by atoms with E-state index in [-0.39, 0.29) is 36.2 Å². The van der Waals surface area contributed by atoms with Gasteiger partial charge < -0.3 is 0 Å². The molecule has 3 nitrogen and oxygen atoms in total. The van der Waals surface area contributed by atoms with Crippen molar-refractivity contribution in [3.63, 3.8) is 0 Å². The molecule has 5 heteroatoms. The monoisotopic (exact) mass is 433 g/mol. The number of hydrogen-bond donors (Lipinski definition) is 0. The summed E-state index contributed by atoms with van der Waals surface area (Å²) in [5, 5.41) is 0. The van der Waals surface area contributed by atoms with Gasteiger partial charge in [0.2, 0.25) is 0 Å². The molecule has 29 heavy (non-hydrogen) atoms.